The van der Waals surface area contributed by atoms with Crippen molar-refractivity contribution in [3.63, 3.8) is 0 Å². The van der Waals surface area contributed by atoms with Crippen LogP contribution in [0.2, 0.25) is 0 Å². The number of likely N-dealkylation sites (tertiary alicyclic amines) is 1. The van der Waals surface area contributed by atoms with Gasteiger partial charge in [0.05, 0.1) is 11.0 Å². The third-order valence-corrected chi connectivity index (χ3v) is 5.96. The van der Waals surface area contributed by atoms with Crippen LogP contribution in [-0.4, -0.2) is 46.5 Å². The van der Waals surface area contributed by atoms with E-state index in [0.29, 0.717) is 5.91 Å². The quantitative estimate of drug-likeness (QED) is 0.875. The first kappa shape index (κ1) is 16.4. The lowest BCUT2D eigenvalue weighted by atomic mass is 9.79. The Kier molecular flexibility index (Phi) is 4.15. The largest absolute Gasteiger partial charge is 0.342 e. The summed E-state index contributed by atoms with van der Waals surface area (Å²) in [6.07, 6.45) is 3.49. The molecule has 6 nitrogen and oxygen atoms in total. The van der Waals surface area contributed by atoms with Gasteiger partial charge in [0.1, 0.15) is 0 Å². The number of nitrogens with zero attached hydrogens (tertiary/aromatic N) is 2. The minimum Gasteiger partial charge on any atom is -0.342 e. The predicted molar refractivity (Wildman–Crippen MR) is 97.6 cm³/mol. The van der Waals surface area contributed by atoms with Crippen LogP contribution in [0.1, 0.15) is 38.6 Å². The van der Waals surface area contributed by atoms with E-state index in [2.05, 4.69) is 17.2 Å². The molecule has 0 bridgehead atoms. The fourth-order valence-corrected chi connectivity index (χ4v) is 4.34. The van der Waals surface area contributed by atoms with Gasteiger partial charge in [0.2, 0.25) is 5.91 Å². The van der Waals surface area contributed by atoms with Gasteiger partial charge in [-0.15, -0.1) is 0 Å². The van der Waals surface area contributed by atoms with Crippen LogP contribution in [0.15, 0.2) is 29.1 Å². The van der Waals surface area contributed by atoms with E-state index in [1.165, 1.54) is 0 Å². The van der Waals surface area contributed by atoms with Crippen molar-refractivity contribution in [3.8, 4) is 0 Å². The van der Waals surface area contributed by atoms with Crippen molar-refractivity contribution in [2.24, 2.45) is 5.41 Å². The highest BCUT2D eigenvalue weighted by Crippen LogP contribution is 2.33. The number of carbonyl (C=O) groups excluding carboxylic acids is 1. The maximum absolute atomic E-state index is 13.0. The van der Waals surface area contributed by atoms with Gasteiger partial charge in [0, 0.05) is 24.5 Å². The van der Waals surface area contributed by atoms with Gasteiger partial charge in [0.15, 0.2) is 0 Å². The SMILES string of the molecule is CC1(C(=O)N2CCC(n3c(=O)[nH]c4ccccc43)CC2)CCNCC1. The average molecular weight is 342 g/mol. The number of carbonyl (C=O) groups is 1. The lowest BCUT2D eigenvalue weighted by molar-refractivity contribution is -0.144. The van der Waals surface area contributed by atoms with Crippen LogP contribution >= 0.6 is 0 Å². The van der Waals surface area contributed by atoms with Crippen LogP contribution < -0.4 is 11.0 Å². The Hall–Kier alpha value is -2.08. The number of hydrogen-bond donors (Lipinski definition) is 2. The molecule has 1 aromatic carbocycles. The fourth-order valence-electron chi connectivity index (χ4n) is 4.34. The molecule has 2 aliphatic heterocycles. The van der Waals surface area contributed by atoms with Crippen molar-refractivity contribution in [3.05, 3.63) is 34.7 Å². The van der Waals surface area contributed by atoms with Crippen LogP contribution in [0.25, 0.3) is 11.0 Å². The van der Waals surface area contributed by atoms with E-state index in [-0.39, 0.29) is 17.1 Å². The number of imidazole rings is 1. The molecule has 2 fully saturated rings. The molecule has 3 heterocycles. The zero-order valence-corrected chi connectivity index (χ0v) is 14.8. The second-order valence-corrected chi connectivity index (χ2v) is 7.65. The molecular formula is C19H26N4O2. The van der Waals surface area contributed by atoms with E-state index in [1.54, 1.807) is 0 Å². The summed E-state index contributed by atoms with van der Waals surface area (Å²) in [5.41, 5.74) is 1.57. The van der Waals surface area contributed by atoms with E-state index in [1.807, 2.05) is 33.7 Å². The highest BCUT2D eigenvalue weighted by Gasteiger charge is 2.39. The lowest BCUT2D eigenvalue weighted by Crippen LogP contribution is -2.50. The Morgan fingerprint density at radius 2 is 1.84 bits per heavy atom. The van der Waals surface area contributed by atoms with E-state index in [0.717, 1.165) is 62.9 Å². The molecule has 4 rings (SSSR count). The van der Waals surface area contributed by atoms with Gasteiger partial charge in [-0.05, 0) is 50.9 Å². The van der Waals surface area contributed by atoms with Crippen molar-refractivity contribution < 1.29 is 4.79 Å². The molecule has 2 aromatic rings. The zero-order valence-electron chi connectivity index (χ0n) is 14.8. The molecule has 0 atom stereocenters. The number of benzene rings is 1. The molecule has 2 saturated heterocycles. The molecular weight excluding hydrogens is 316 g/mol. The van der Waals surface area contributed by atoms with Crippen molar-refractivity contribution >= 4 is 16.9 Å². The topological polar surface area (TPSA) is 70.1 Å². The normalized spacial score (nSPS) is 21.6. The molecule has 0 unspecified atom stereocenters. The van der Waals surface area contributed by atoms with E-state index in [9.17, 15) is 9.59 Å². The van der Waals surface area contributed by atoms with Crippen LogP contribution in [0.4, 0.5) is 0 Å². The van der Waals surface area contributed by atoms with Crippen molar-refractivity contribution in [2.75, 3.05) is 26.2 Å². The Balaban J connectivity index is 1.49. The molecule has 134 valence electrons. The highest BCUT2D eigenvalue weighted by atomic mass is 16.2. The molecule has 0 saturated carbocycles. The number of piperidine rings is 2. The van der Waals surface area contributed by atoms with E-state index < -0.39 is 0 Å². The second kappa shape index (κ2) is 6.33. The Morgan fingerprint density at radius 1 is 1.16 bits per heavy atom. The number of amides is 1. The number of H-pyrrole nitrogens is 1. The first-order valence-corrected chi connectivity index (χ1v) is 9.28. The van der Waals surface area contributed by atoms with Gasteiger partial charge in [-0.3, -0.25) is 9.36 Å². The summed E-state index contributed by atoms with van der Waals surface area (Å²) in [4.78, 5) is 30.3. The summed E-state index contributed by atoms with van der Waals surface area (Å²) in [5, 5.41) is 3.33. The summed E-state index contributed by atoms with van der Waals surface area (Å²) < 4.78 is 1.88. The van der Waals surface area contributed by atoms with Gasteiger partial charge in [-0.25, -0.2) is 4.79 Å². The number of nitrogens with one attached hydrogen (secondary N) is 2. The smallest absolute Gasteiger partial charge is 0.326 e. The minimum atomic E-state index is -0.226. The summed E-state index contributed by atoms with van der Waals surface area (Å²) in [7, 11) is 0. The molecule has 0 spiro atoms. The second-order valence-electron chi connectivity index (χ2n) is 7.65. The van der Waals surface area contributed by atoms with Gasteiger partial charge in [-0.2, -0.15) is 0 Å². The van der Waals surface area contributed by atoms with Crippen LogP contribution in [0.5, 0.6) is 0 Å². The molecule has 1 amide bonds. The van der Waals surface area contributed by atoms with Crippen molar-refractivity contribution in [2.45, 2.75) is 38.6 Å². The van der Waals surface area contributed by atoms with Crippen molar-refractivity contribution in [1.82, 2.24) is 19.8 Å². The Labute approximate surface area is 147 Å². The predicted octanol–water partition coefficient (Wildman–Crippen LogP) is 1.88. The average Bonchev–Trinajstić information content (AvgIpc) is 2.97. The molecule has 0 radical (unpaired) electrons. The third-order valence-electron chi connectivity index (χ3n) is 5.96. The van der Waals surface area contributed by atoms with Gasteiger partial charge >= 0.3 is 5.69 Å². The van der Waals surface area contributed by atoms with Gasteiger partial charge < -0.3 is 15.2 Å². The molecule has 0 aliphatic carbocycles. The fraction of sp³-hybridized carbons (Fsp3) is 0.579. The number of aromatic nitrogens is 2. The highest BCUT2D eigenvalue weighted by molar-refractivity contribution is 5.82. The molecule has 25 heavy (non-hydrogen) atoms. The summed E-state index contributed by atoms with van der Waals surface area (Å²) in [6.45, 7) is 5.41. The summed E-state index contributed by atoms with van der Waals surface area (Å²) in [6, 6.07) is 7.98. The van der Waals surface area contributed by atoms with Gasteiger partial charge in [0.25, 0.3) is 0 Å². The van der Waals surface area contributed by atoms with Crippen LogP contribution in [0, 0.1) is 5.41 Å². The Bertz CT molecular complexity index is 823. The third kappa shape index (κ3) is 2.88. The monoisotopic (exact) mass is 342 g/mol. The van der Waals surface area contributed by atoms with Crippen LogP contribution in [-0.2, 0) is 4.79 Å². The molecule has 6 heteroatoms. The number of aromatic amines is 1. The van der Waals surface area contributed by atoms with E-state index >= 15 is 0 Å². The first-order chi connectivity index (χ1) is 12.1. The maximum Gasteiger partial charge on any atom is 0.326 e. The maximum atomic E-state index is 13.0. The summed E-state index contributed by atoms with van der Waals surface area (Å²) >= 11 is 0. The molecule has 2 aliphatic rings. The standard InChI is InChI=1S/C19H26N4O2/c1-19(8-10-20-11-9-19)17(24)22-12-6-14(7-13-22)23-16-5-3-2-4-15(16)21-18(23)25/h2-5,14,20H,6-13H2,1H3,(H,21,25). The lowest BCUT2D eigenvalue weighted by Gasteiger charge is -2.40. The number of fused-ring (bicyclic) bond motifs is 1. The first-order valence-electron chi connectivity index (χ1n) is 9.28. The minimum absolute atomic E-state index is 0.0451. The number of rotatable bonds is 2. The van der Waals surface area contributed by atoms with Gasteiger partial charge in [-0.1, -0.05) is 19.1 Å². The number of hydrogen-bond acceptors (Lipinski definition) is 3. The van der Waals surface area contributed by atoms with Crippen molar-refractivity contribution in [1.29, 1.82) is 0 Å². The summed E-state index contributed by atoms with van der Waals surface area (Å²) in [5.74, 6) is 0.290. The van der Waals surface area contributed by atoms with E-state index in [4.69, 9.17) is 0 Å². The molecule has 1 aromatic heterocycles. The molecule has 2 N–H and O–H groups in total. The Morgan fingerprint density at radius 3 is 2.56 bits per heavy atom. The van der Waals surface area contributed by atoms with Crippen LogP contribution in [0.3, 0.4) is 0 Å². The number of para-hydroxylation sites is 2. The zero-order chi connectivity index (χ0) is 17.4.